The lowest BCUT2D eigenvalue weighted by Crippen LogP contribution is -2.41. The Bertz CT molecular complexity index is 681. The summed E-state index contributed by atoms with van der Waals surface area (Å²) >= 11 is 0. The molecule has 1 spiro atoms. The number of carbonyl (C=O) groups excluding carboxylic acids is 2. The molecule has 3 fully saturated rings. The molecular weight excluding hydrogens is 340 g/mol. The first-order valence-corrected chi connectivity index (χ1v) is 9.09. The minimum atomic E-state index is -1.08. The fourth-order valence-electron chi connectivity index (χ4n) is 4.11. The number of fused-ring (bicyclic) bond motifs is 4. The van der Waals surface area contributed by atoms with E-state index in [0.717, 1.165) is 6.42 Å². The molecule has 4 heterocycles. The van der Waals surface area contributed by atoms with Crippen LogP contribution in [0.15, 0.2) is 23.8 Å². The van der Waals surface area contributed by atoms with Crippen LogP contribution < -0.4 is 0 Å². The van der Waals surface area contributed by atoms with Gasteiger partial charge in [0.25, 0.3) is 0 Å². The van der Waals surface area contributed by atoms with E-state index in [1.54, 1.807) is 19.9 Å². The molecule has 142 valence electrons. The number of epoxide rings is 1. The fraction of sp³-hybridized carbons (Fsp3) is 0.684. The summed E-state index contributed by atoms with van der Waals surface area (Å²) in [5.74, 6) is -1.67. The number of carbonyl (C=O) groups is 2. The number of esters is 2. The van der Waals surface area contributed by atoms with Crippen molar-refractivity contribution in [2.75, 3.05) is 6.61 Å². The van der Waals surface area contributed by atoms with E-state index in [-0.39, 0.29) is 30.2 Å². The summed E-state index contributed by atoms with van der Waals surface area (Å²) in [6.07, 6.45) is 1.13. The highest BCUT2D eigenvalue weighted by Crippen LogP contribution is 2.50. The third kappa shape index (κ3) is 2.88. The summed E-state index contributed by atoms with van der Waals surface area (Å²) in [4.78, 5) is 24.4. The highest BCUT2D eigenvalue weighted by molar-refractivity contribution is 5.91. The van der Waals surface area contributed by atoms with Crippen molar-refractivity contribution in [1.82, 2.24) is 0 Å². The number of hydrogen-bond donors (Lipinski definition) is 1. The normalized spacial score (nSPS) is 43.7. The van der Waals surface area contributed by atoms with Gasteiger partial charge in [0, 0.05) is 12.0 Å². The number of ether oxygens (including phenoxy) is 4. The van der Waals surface area contributed by atoms with Crippen LogP contribution in [-0.2, 0) is 28.5 Å². The second-order valence-corrected chi connectivity index (χ2v) is 7.87. The molecule has 26 heavy (non-hydrogen) atoms. The van der Waals surface area contributed by atoms with Crippen molar-refractivity contribution in [1.29, 1.82) is 0 Å². The van der Waals surface area contributed by atoms with Crippen molar-refractivity contribution >= 4 is 11.9 Å². The lowest BCUT2D eigenvalue weighted by Gasteiger charge is -2.32. The molecule has 0 aromatic heterocycles. The predicted octanol–water partition coefficient (Wildman–Crippen LogP) is 1.25. The van der Waals surface area contributed by atoms with Gasteiger partial charge in [0.1, 0.15) is 17.8 Å². The zero-order valence-electron chi connectivity index (χ0n) is 15.0. The summed E-state index contributed by atoms with van der Waals surface area (Å²) in [6.45, 7) is 7.59. The van der Waals surface area contributed by atoms with E-state index < -0.39 is 36.0 Å². The van der Waals surface area contributed by atoms with Crippen molar-refractivity contribution in [3.63, 3.8) is 0 Å². The quantitative estimate of drug-likeness (QED) is 0.341. The van der Waals surface area contributed by atoms with Gasteiger partial charge in [-0.3, -0.25) is 4.79 Å². The molecular formula is C19H24O7. The van der Waals surface area contributed by atoms with E-state index in [0.29, 0.717) is 18.4 Å². The van der Waals surface area contributed by atoms with Gasteiger partial charge in [0.15, 0.2) is 6.29 Å². The minimum absolute atomic E-state index is 0.0152. The van der Waals surface area contributed by atoms with Crippen molar-refractivity contribution < 1.29 is 33.6 Å². The Morgan fingerprint density at radius 1 is 1.46 bits per heavy atom. The lowest BCUT2D eigenvalue weighted by molar-refractivity contribution is -0.154. The zero-order chi connectivity index (χ0) is 18.6. The summed E-state index contributed by atoms with van der Waals surface area (Å²) in [7, 11) is 0. The van der Waals surface area contributed by atoms with Crippen molar-refractivity contribution in [2.24, 2.45) is 11.8 Å². The Labute approximate surface area is 151 Å². The Hall–Kier alpha value is -1.70. The monoisotopic (exact) mass is 364 g/mol. The highest BCUT2D eigenvalue weighted by Gasteiger charge is 2.61. The first kappa shape index (κ1) is 17.7. The molecule has 7 heteroatoms. The van der Waals surface area contributed by atoms with Gasteiger partial charge in [-0.2, -0.15) is 0 Å². The Morgan fingerprint density at radius 3 is 2.96 bits per heavy atom. The Morgan fingerprint density at radius 2 is 2.23 bits per heavy atom. The topological polar surface area (TPSA) is 94.6 Å². The molecule has 0 radical (unpaired) electrons. The van der Waals surface area contributed by atoms with Crippen LogP contribution in [-0.4, -0.2) is 53.9 Å². The van der Waals surface area contributed by atoms with Crippen LogP contribution in [0.25, 0.3) is 0 Å². The Kier molecular flexibility index (Phi) is 4.21. The summed E-state index contributed by atoms with van der Waals surface area (Å²) in [5.41, 5.74) is 0.351. The molecule has 6 unspecified atom stereocenters. The molecule has 5 aliphatic rings. The van der Waals surface area contributed by atoms with E-state index in [1.165, 1.54) is 0 Å². The van der Waals surface area contributed by atoms with Gasteiger partial charge < -0.3 is 24.1 Å². The van der Waals surface area contributed by atoms with Gasteiger partial charge in [-0.15, -0.1) is 0 Å². The molecule has 7 nitrogen and oxygen atoms in total. The lowest BCUT2D eigenvalue weighted by atomic mass is 9.81. The molecule has 6 atom stereocenters. The van der Waals surface area contributed by atoms with Crippen molar-refractivity contribution in [3.05, 3.63) is 23.8 Å². The average Bonchev–Trinajstić information content (AvgIpc) is 3.18. The number of hydrogen-bond acceptors (Lipinski definition) is 7. The molecule has 5 rings (SSSR count). The Balaban J connectivity index is 1.75. The highest BCUT2D eigenvalue weighted by atomic mass is 16.7. The van der Waals surface area contributed by atoms with E-state index in [1.807, 2.05) is 0 Å². The molecule has 3 saturated heterocycles. The second-order valence-electron chi connectivity index (χ2n) is 7.87. The molecule has 1 aliphatic carbocycles. The van der Waals surface area contributed by atoms with Gasteiger partial charge in [-0.1, -0.05) is 20.4 Å². The van der Waals surface area contributed by atoms with Crippen LogP contribution >= 0.6 is 0 Å². The number of aliphatic hydroxyl groups is 1. The third-order valence-electron chi connectivity index (χ3n) is 5.73. The predicted molar refractivity (Wildman–Crippen MR) is 88.7 cm³/mol. The van der Waals surface area contributed by atoms with Crippen LogP contribution in [0.2, 0.25) is 0 Å². The van der Waals surface area contributed by atoms with E-state index in [9.17, 15) is 14.7 Å². The zero-order valence-corrected chi connectivity index (χ0v) is 15.0. The van der Waals surface area contributed by atoms with Crippen LogP contribution in [0.1, 0.15) is 33.1 Å². The SMILES string of the molecule is C=C1C(=O)OC2CC34COC(O)/C(=C/C(OC(=O)C(C)C)C12)CCC3O4. The van der Waals surface area contributed by atoms with E-state index >= 15 is 0 Å². The van der Waals surface area contributed by atoms with Gasteiger partial charge in [-0.05, 0) is 24.5 Å². The van der Waals surface area contributed by atoms with Crippen LogP contribution in [0, 0.1) is 11.8 Å². The maximum Gasteiger partial charge on any atom is 0.334 e. The average molecular weight is 364 g/mol. The largest absolute Gasteiger partial charge is 0.458 e. The maximum atomic E-state index is 12.2. The van der Waals surface area contributed by atoms with E-state index in [4.69, 9.17) is 18.9 Å². The van der Waals surface area contributed by atoms with Gasteiger partial charge in [0.2, 0.25) is 0 Å². The number of rotatable bonds is 2. The van der Waals surface area contributed by atoms with Crippen LogP contribution in [0.3, 0.4) is 0 Å². The summed E-state index contributed by atoms with van der Waals surface area (Å²) in [5, 5.41) is 10.4. The molecule has 0 aromatic carbocycles. The molecule has 4 aliphatic heterocycles. The van der Waals surface area contributed by atoms with Crippen LogP contribution in [0.5, 0.6) is 0 Å². The molecule has 0 aromatic rings. The fourth-order valence-corrected chi connectivity index (χ4v) is 4.11. The maximum absolute atomic E-state index is 12.2. The first-order chi connectivity index (χ1) is 12.3. The van der Waals surface area contributed by atoms with Crippen molar-refractivity contribution in [3.8, 4) is 0 Å². The molecule has 0 amide bonds. The van der Waals surface area contributed by atoms with Gasteiger partial charge in [0.05, 0.1) is 24.5 Å². The van der Waals surface area contributed by atoms with Gasteiger partial charge in [-0.25, -0.2) is 4.79 Å². The molecule has 2 bridgehead atoms. The summed E-state index contributed by atoms with van der Waals surface area (Å²) in [6, 6.07) is 0. The standard InChI is InChI=1S/C19H24O7/c1-9(2)16(20)24-12-6-11-4-5-14-19(26-14,8-23-18(11)22)7-13-15(12)10(3)17(21)25-13/h6,9,12-15,18,22H,3-5,7-8H2,1-2H3/b11-6+. The number of aliphatic hydroxyl groups excluding tert-OH is 1. The van der Waals surface area contributed by atoms with E-state index in [2.05, 4.69) is 6.58 Å². The minimum Gasteiger partial charge on any atom is -0.458 e. The third-order valence-corrected chi connectivity index (χ3v) is 5.73. The first-order valence-electron chi connectivity index (χ1n) is 9.09. The molecule has 0 saturated carbocycles. The summed E-state index contributed by atoms with van der Waals surface area (Å²) < 4.78 is 22.7. The smallest absolute Gasteiger partial charge is 0.334 e. The van der Waals surface area contributed by atoms with Gasteiger partial charge >= 0.3 is 11.9 Å². The second kappa shape index (κ2) is 6.18. The molecule has 1 N–H and O–H groups in total. The van der Waals surface area contributed by atoms with Crippen LogP contribution in [0.4, 0.5) is 0 Å². The van der Waals surface area contributed by atoms with Crippen molar-refractivity contribution in [2.45, 2.75) is 63.3 Å².